The van der Waals surface area contributed by atoms with Crippen molar-refractivity contribution in [3.8, 4) is 11.1 Å². The van der Waals surface area contributed by atoms with Crippen molar-refractivity contribution in [1.29, 1.82) is 0 Å². The monoisotopic (exact) mass is 451 g/mol. The molecular formula is C24H25N3O6. The quantitative estimate of drug-likeness (QED) is 0.407. The fourth-order valence-electron chi connectivity index (χ4n) is 3.68. The zero-order chi connectivity index (χ0) is 23.8. The first-order valence-corrected chi connectivity index (χ1v) is 10.4. The third kappa shape index (κ3) is 5.97. The van der Waals surface area contributed by atoms with Gasteiger partial charge >= 0.3 is 12.1 Å². The molecular weight excluding hydrogens is 426 g/mol. The molecule has 1 aliphatic rings. The summed E-state index contributed by atoms with van der Waals surface area (Å²) in [6.45, 7) is 2.73. The maximum absolute atomic E-state index is 12.1. The van der Waals surface area contributed by atoms with Gasteiger partial charge < -0.3 is 25.8 Å². The van der Waals surface area contributed by atoms with Crippen LogP contribution in [0.25, 0.3) is 11.1 Å². The summed E-state index contributed by atoms with van der Waals surface area (Å²) in [6, 6.07) is 14.8. The summed E-state index contributed by atoms with van der Waals surface area (Å²) in [6.07, 6.45) is 0.669. The number of carbonyl (C=O) groups excluding carboxylic acids is 3. The Morgan fingerprint density at radius 2 is 1.52 bits per heavy atom. The normalized spacial score (nSPS) is 12.6. The molecule has 2 aromatic carbocycles. The van der Waals surface area contributed by atoms with Gasteiger partial charge in [0.1, 0.15) is 19.2 Å². The number of hydrogen-bond acceptors (Lipinski definition) is 5. The number of rotatable bonds is 10. The molecule has 0 bridgehead atoms. The third-order valence-electron chi connectivity index (χ3n) is 5.22. The second kappa shape index (κ2) is 10.9. The number of nitrogens with one attached hydrogen (secondary N) is 3. The predicted octanol–water partition coefficient (Wildman–Crippen LogP) is 1.79. The Morgan fingerprint density at radius 1 is 0.939 bits per heavy atom. The number of carboxylic acid groups (broad SMARTS) is 1. The van der Waals surface area contributed by atoms with Gasteiger partial charge in [0.15, 0.2) is 0 Å². The van der Waals surface area contributed by atoms with E-state index in [0.29, 0.717) is 0 Å². The Hall–Kier alpha value is -4.14. The highest BCUT2D eigenvalue weighted by atomic mass is 16.5. The van der Waals surface area contributed by atoms with Crippen molar-refractivity contribution in [3.63, 3.8) is 0 Å². The standard InChI is InChI=1S/C24H25N3O6/c1-2-7-20(23(30)31)27-22(29)13-25-21(28)12-26-24(32)33-14-19-17-10-5-3-8-15(17)16-9-4-6-11-18(16)19/h2-6,8-11,19-20H,1,7,12-14H2,(H,25,28)(H,26,32)(H,27,29)(H,30,31). The lowest BCUT2D eigenvalue weighted by atomic mass is 9.98. The van der Waals surface area contributed by atoms with Gasteiger partial charge in [-0.1, -0.05) is 54.6 Å². The van der Waals surface area contributed by atoms with Crippen LogP contribution in [0.4, 0.5) is 4.79 Å². The van der Waals surface area contributed by atoms with E-state index in [1.807, 2.05) is 48.5 Å². The summed E-state index contributed by atoms with van der Waals surface area (Å²) in [5.41, 5.74) is 4.37. The van der Waals surface area contributed by atoms with E-state index in [-0.39, 0.29) is 25.5 Å². The number of aliphatic carboxylic acids is 1. The molecule has 33 heavy (non-hydrogen) atoms. The lowest BCUT2D eigenvalue weighted by Gasteiger charge is -2.15. The molecule has 3 amide bonds. The Morgan fingerprint density at radius 3 is 2.09 bits per heavy atom. The second-order valence-corrected chi connectivity index (χ2v) is 7.44. The fourth-order valence-corrected chi connectivity index (χ4v) is 3.68. The van der Waals surface area contributed by atoms with Crippen molar-refractivity contribution in [2.24, 2.45) is 0 Å². The molecule has 0 aliphatic heterocycles. The van der Waals surface area contributed by atoms with Crippen molar-refractivity contribution in [2.75, 3.05) is 19.7 Å². The smallest absolute Gasteiger partial charge is 0.407 e. The number of carboxylic acids is 1. The number of fused-ring (bicyclic) bond motifs is 3. The third-order valence-corrected chi connectivity index (χ3v) is 5.22. The molecule has 2 aromatic rings. The van der Waals surface area contributed by atoms with Crippen LogP contribution in [0.5, 0.6) is 0 Å². The molecule has 172 valence electrons. The number of hydrogen-bond donors (Lipinski definition) is 4. The predicted molar refractivity (Wildman–Crippen MR) is 120 cm³/mol. The molecule has 1 aliphatic carbocycles. The lowest BCUT2D eigenvalue weighted by molar-refractivity contribution is -0.141. The topological polar surface area (TPSA) is 134 Å². The van der Waals surface area contributed by atoms with Crippen LogP contribution < -0.4 is 16.0 Å². The highest BCUT2D eigenvalue weighted by molar-refractivity contribution is 5.89. The van der Waals surface area contributed by atoms with Gasteiger partial charge in [0, 0.05) is 5.92 Å². The first kappa shape index (κ1) is 23.5. The average molecular weight is 451 g/mol. The van der Waals surface area contributed by atoms with Gasteiger partial charge in [0.2, 0.25) is 11.8 Å². The van der Waals surface area contributed by atoms with Crippen LogP contribution in [0.2, 0.25) is 0 Å². The average Bonchev–Trinajstić information content (AvgIpc) is 3.13. The summed E-state index contributed by atoms with van der Waals surface area (Å²) < 4.78 is 5.34. The van der Waals surface area contributed by atoms with E-state index in [0.717, 1.165) is 22.3 Å². The van der Waals surface area contributed by atoms with Gasteiger partial charge in [0.25, 0.3) is 0 Å². The molecule has 9 heteroatoms. The van der Waals surface area contributed by atoms with Crippen molar-refractivity contribution in [3.05, 3.63) is 72.3 Å². The molecule has 0 saturated carbocycles. The van der Waals surface area contributed by atoms with E-state index in [9.17, 15) is 19.2 Å². The van der Waals surface area contributed by atoms with E-state index in [1.54, 1.807) is 0 Å². The van der Waals surface area contributed by atoms with Gasteiger partial charge in [-0.3, -0.25) is 9.59 Å². The van der Waals surface area contributed by atoms with Gasteiger partial charge in [-0.2, -0.15) is 0 Å². The van der Waals surface area contributed by atoms with Crippen LogP contribution in [-0.2, 0) is 19.1 Å². The summed E-state index contributed by atoms with van der Waals surface area (Å²) in [5, 5.41) is 15.9. The fraction of sp³-hybridized carbons (Fsp3) is 0.250. The molecule has 9 nitrogen and oxygen atoms in total. The second-order valence-electron chi connectivity index (χ2n) is 7.44. The number of benzene rings is 2. The Balaban J connectivity index is 1.43. The van der Waals surface area contributed by atoms with Crippen LogP contribution in [0.15, 0.2) is 61.2 Å². The van der Waals surface area contributed by atoms with Gasteiger partial charge in [-0.05, 0) is 28.7 Å². The van der Waals surface area contributed by atoms with E-state index in [2.05, 4.69) is 22.5 Å². The summed E-state index contributed by atoms with van der Waals surface area (Å²) >= 11 is 0. The van der Waals surface area contributed by atoms with Crippen LogP contribution in [0, 0.1) is 0 Å². The van der Waals surface area contributed by atoms with Crippen LogP contribution in [0.3, 0.4) is 0 Å². The van der Waals surface area contributed by atoms with E-state index < -0.39 is 36.5 Å². The minimum Gasteiger partial charge on any atom is -0.480 e. The van der Waals surface area contributed by atoms with Crippen LogP contribution in [0.1, 0.15) is 23.5 Å². The molecule has 0 radical (unpaired) electrons. The number of alkyl carbamates (subject to hydrolysis) is 1. The highest BCUT2D eigenvalue weighted by Gasteiger charge is 2.29. The minimum atomic E-state index is -1.20. The van der Waals surface area contributed by atoms with Gasteiger partial charge in [-0.15, -0.1) is 6.58 Å². The van der Waals surface area contributed by atoms with Crippen LogP contribution in [-0.4, -0.2) is 54.7 Å². The van der Waals surface area contributed by atoms with Crippen molar-refractivity contribution in [2.45, 2.75) is 18.4 Å². The molecule has 1 atom stereocenters. The lowest BCUT2D eigenvalue weighted by Crippen LogP contribution is -2.46. The van der Waals surface area contributed by atoms with Crippen LogP contribution >= 0.6 is 0 Å². The summed E-state index contributed by atoms with van der Waals surface area (Å²) in [4.78, 5) is 46.8. The van der Waals surface area contributed by atoms with Crippen molar-refractivity contribution < 1.29 is 29.0 Å². The Labute approximate surface area is 190 Å². The van der Waals surface area contributed by atoms with E-state index in [4.69, 9.17) is 9.84 Å². The largest absolute Gasteiger partial charge is 0.480 e. The number of carbonyl (C=O) groups is 4. The van der Waals surface area contributed by atoms with Crippen molar-refractivity contribution >= 4 is 23.9 Å². The van der Waals surface area contributed by atoms with Gasteiger partial charge in [-0.25, -0.2) is 9.59 Å². The van der Waals surface area contributed by atoms with E-state index in [1.165, 1.54) is 6.08 Å². The minimum absolute atomic E-state index is 0.0539. The highest BCUT2D eigenvalue weighted by Crippen LogP contribution is 2.44. The molecule has 3 rings (SSSR count). The van der Waals surface area contributed by atoms with Gasteiger partial charge in [0.05, 0.1) is 6.54 Å². The summed E-state index contributed by atoms with van der Waals surface area (Å²) in [7, 11) is 0. The Bertz CT molecular complexity index is 1020. The molecule has 1 unspecified atom stereocenters. The molecule has 0 heterocycles. The molecule has 4 N–H and O–H groups in total. The molecule has 0 spiro atoms. The first-order valence-electron chi connectivity index (χ1n) is 10.4. The number of amides is 3. The zero-order valence-corrected chi connectivity index (χ0v) is 17.9. The Kier molecular flexibility index (Phi) is 7.80. The molecule has 0 aromatic heterocycles. The first-order chi connectivity index (χ1) is 15.9. The number of ether oxygens (including phenoxy) is 1. The maximum Gasteiger partial charge on any atom is 0.407 e. The SMILES string of the molecule is C=CCC(NC(=O)CNC(=O)CNC(=O)OCC1c2ccccc2-c2ccccc21)C(=O)O. The van der Waals surface area contributed by atoms with Crippen molar-refractivity contribution in [1.82, 2.24) is 16.0 Å². The molecule has 0 saturated heterocycles. The maximum atomic E-state index is 12.1. The molecule has 0 fully saturated rings. The zero-order valence-electron chi connectivity index (χ0n) is 17.9. The summed E-state index contributed by atoms with van der Waals surface area (Å²) in [5.74, 6) is -2.59. The van der Waals surface area contributed by atoms with E-state index >= 15 is 0 Å².